The van der Waals surface area contributed by atoms with Crippen LogP contribution in [-0.4, -0.2) is 9.91 Å². The largest absolute Gasteiger partial charge is 0.290 e. The minimum absolute atomic E-state index is 0.0160. The number of hydrogen-bond donors (Lipinski definition) is 0. The molecule has 0 unspecified atom stereocenters. The molecule has 0 aliphatic carbocycles. The van der Waals surface area contributed by atoms with Gasteiger partial charge in [0.2, 0.25) is 0 Å². The topological polar surface area (TPSA) is 79.8 Å². The number of nitro groups is 1. The molecule has 5 nitrogen and oxygen atoms in total. The van der Waals surface area contributed by atoms with Crippen LogP contribution in [0.1, 0.15) is 12.1 Å². The summed E-state index contributed by atoms with van der Waals surface area (Å²) in [5.41, 5.74) is 0.354. The summed E-state index contributed by atoms with van der Waals surface area (Å²) < 4.78 is 0. The van der Waals surface area contributed by atoms with Gasteiger partial charge in [0.25, 0.3) is 5.69 Å². The number of nitrogens with zero attached hydrogens (tertiary/aromatic N) is 3. The van der Waals surface area contributed by atoms with E-state index in [2.05, 4.69) is 4.98 Å². The Hall–Kier alpha value is -1.96. The van der Waals surface area contributed by atoms with Gasteiger partial charge in [0.05, 0.1) is 11.0 Å². The van der Waals surface area contributed by atoms with Gasteiger partial charge in [-0.2, -0.15) is 5.26 Å². The smallest absolute Gasteiger partial charge is 0.258 e. The van der Waals surface area contributed by atoms with Crippen molar-refractivity contribution >= 4 is 5.69 Å². The van der Waals surface area contributed by atoms with Gasteiger partial charge in [-0.1, -0.05) is 0 Å². The highest BCUT2D eigenvalue weighted by molar-refractivity contribution is 5.34. The molecule has 13 heavy (non-hydrogen) atoms. The van der Waals surface area contributed by atoms with Gasteiger partial charge in [-0.3, -0.25) is 15.1 Å². The monoisotopic (exact) mass is 177 g/mol. The normalized spacial score (nSPS) is 9.15. The predicted octanol–water partition coefficient (Wildman–Crippen LogP) is 1.45. The zero-order valence-corrected chi connectivity index (χ0v) is 6.80. The quantitative estimate of drug-likeness (QED) is 0.516. The molecular weight excluding hydrogens is 170 g/mol. The Bertz CT molecular complexity index is 357. The lowest BCUT2D eigenvalue weighted by Crippen LogP contribution is -1.97. The summed E-state index contributed by atoms with van der Waals surface area (Å²) >= 11 is 0. The average Bonchev–Trinajstić information content (AvgIpc) is 2.15. The molecule has 0 bridgehead atoms. The molecule has 0 aliphatic heterocycles. The van der Waals surface area contributed by atoms with Crippen LogP contribution in [-0.2, 0) is 6.42 Å². The molecular formula is C8H7N3O2. The van der Waals surface area contributed by atoms with Gasteiger partial charge in [0.1, 0.15) is 5.69 Å². The third-order valence-electron chi connectivity index (χ3n) is 1.54. The van der Waals surface area contributed by atoms with E-state index in [0.717, 1.165) is 0 Å². The molecule has 0 amide bonds. The van der Waals surface area contributed by atoms with Crippen LogP contribution < -0.4 is 0 Å². The van der Waals surface area contributed by atoms with E-state index >= 15 is 0 Å². The lowest BCUT2D eigenvalue weighted by molar-refractivity contribution is -0.385. The Morgan fingerprint density at radius 2 is 2.46 bits per heavy atom. The van der Waals surface area contributed by atoms with Crippen molar-refractivity contribution in [3.05, 3.63) is 34.1 Å². The molecule has 0 saturated carbocycles. The van der Waals surface area contributed by atoms with Crippen molar-refractivity contribution in [2.75, 3.05) is 0 Å². The molecule has 1 aromatic heterocycles. The lowest BCUT2D eigenvalue weighted by atomic mass is 10.2. The molecule has 0 spiro atoms. The maximum Gasteiger partial charge on any atom is 0.290 e. The standard InChI is InChI=1S/C8H7N3O2/c9-5-1-3-7-8(11(12)13)4-2-6-10-7/h2,4,6H,1,3H2. The van der Waals surface area contributed by atoms with Crippen LogP contribution in [0.25, 0.3) is 0 Å². The minimum Gasteiger partial charge on any atom is -0.258 e. The first-order chi connectivity index (χ1) is 6.25. The van der Waals surface area contributed by atoms with Crippen LogP contribution in [0.3, 0.4) is 0 Å². The highest BCUT2D eigenvalue weighted by atomic mass is 16.6. The molecule has 5 heteroatoms. The fourth-order valence-corrected chi connectivity index (χ4v) is 0.963. The molecule has 0 saturated heterocycles. The highest BCUT2D eigenvalue weighted by Gasteiger charge is 2.12. The number of aryl methyl sites for hydroxylation is 1. The van der Waals surface area contributed by atoms with Crippen molar-refractivity contribution in [2.24, 2.45) is 0 Å². The molecule has 0 fully saturated rings. The number of rotatable bonds is 3. The summed E-state index contributed by atoms with van der Waals surface area (Å²) in [5.74, 6) is 0. The molecule has 0 radical (unpaired) electrons. The van der Waals surface area contributed by atoms with Crippen LogP contribution >= 0.6 is 0 Å². The lowest BCUT2D eigenvalue weighted by Gasteiger charge is -1.97. The van der Waals surface area contributed by atoms with Gasteiger partial charge in [-0.25, -0.2) is 0 Å². The summed E-state index contributed by atoms with van der Waals surface area (Å²) in [6, 6.07) is 4.82. The van der Waals surface area contributed by atoms with E-state index in [1.165, 1.54) is 18.3 Å². The average molecular weight is 177 g/mol. The van der Waals surface area contributed by atoms with Crippen molar-refractivity contribution in [1.82, 2.24) is 4.98 Å². The van der Waals surface area contributed by atoms with Crippen LogP contribution in [0.15, 0.2) is 18.3 Å². The third-order valence-corrected chi connectivity index (χ3v) is 1.54. The zero-order chi connectivity index (χ0) is 9.68. The molecule has 0 aliphatic rings. The first-order valence-electron chi connectivity index (χ1n) is 3.71. The van der Waals surface area contributed by atoms with Gasteiger partial charge in [-0.05, 0) is 6.07 Å². The van der Waals surface area contributed by atoms with Crippen molar-refractivity contribution in [3.8, 4) is 6.07 Å². The van der Waals surface area contributed by atoms with Gasteiger partial charge >= 0.3 is 0 Å². The Balaban J connectivity index is 2.92. The molecule has 0 atom stereocenters. The summed E-state index contributed by atoms with van der Waals surface area (Å²) in [6.45, 7) is 0. The Morgan fingerprint density at radius 1 is 1.69 bits per heavy atom. The van der Waals surface area contributed by atoms with E-state index in [4.69, 9.17) is 5.26 Å². The van der Waals surface area contributed by atoms with Crippen molar-refractivity contribution in [2.45, 2.75) is 12.8 Å². The third kappa shape index (κ3) is 2.24. The maximum atomic E-state index is 10.5. The Kier molecular flexibility index (Phi) is 2.92. The molecule has 0 N–H and O–H groups in total. The second-order valence-corrected chi connectivity index (χ2v) is 2.38. The maximum absolute atomic E-state index is 10.5. The molecule has 0 aromatic carbocycles. The SMILES string of the molecule is N#CCCc1ncccc1[N+](=O)[O-]. The molecule has 1 rings (SSSR count). The van der Waals surface area contributed by atoms with Crippen molar-refractivity contribution < 1.29 is 4.92 Å². The first kappa shape index (κ1) is 9.13. The summed E-state index contributed by atoms with van der Waals surface area (Å²) in [6.07, 6.45) is 2.06. The van der Waals surface area contributed by atoms with Gasteiger partial charge in [-0.15, -0.1) is 0 Å². The first-order valence-corrected chi connectivity index (χ1v) is 3.71. The second kappa shape index (κ2) is 4.16. The Morgan fingerprint density at radius 3 is 3.08 bits per heavy atom. The predicted molar refractivity (Wildman–Crippen MR) is 44.8 cm³/mol. The van der Waals surface area contributed by atoms with Crippen LogP contribution in [0, 0.1) is 21.4 Å². The molecule has 1 aromatic rings. The number of aromatic nitrogens is 1. The van der Waals surface area contributed by atoms with E-state index in [1.54, 1.807) is 0 Å². The van der Waals surface area contributed by atoms with E-state index in [1.807, 2.05) is 6.07 Å². The Labute approximate surface area is 74.8 Å². The van der Waals surface area contributed by atoms with E-state index in [0.29, 0.717) is 12.1 Å². The van der Waals surface area contributed by atoms with E-state index in [-0.39, 0.29) is 12.1 Å². The van der Waals surface area contributed by atoms with Gasteiger partial charge < -0.3 is 0 Å². The van der Waals surface area contributed by atoms with Crippen molar-refractivity contribution in [3.63, 3.8) is 0 Å². The van der Waals surface area contributed by atoms with Gasteiger partial charge in [0.15, 0.2) is 0 Å². The van der Waals surface area contributed by atoms with E-state index in [9.17, 15) is 10.1 Å². The minimum atomic E-state index is -0.486. The molecule has 66 valence electrons. The van der Waals surface area contributed by atoms with E-state index < -0.39 is 4.92 Å². The zero-order valence-electron chi connectivity index (χ0n) is 6.80. The van der Waals surface area contributed by atoms with Gasteiger partial charge in [0, 0.05) is 25.1 Å². The van der Waals surface area contributed by atoms with Crippen LogP contribution in [0.4, 0.5) is 5.69 Å². The van der Waals surface area contributed by atoms with Crippen LogP contribution in [0.2, 0.25) is 0 Å². The summed E-state index contributed by atoms with van der Waals surface area (Å²) in [4.78, 5) is 13.8. The number of hydrogen-bond acceptors (Lipinski definition) is 4. The number of nitriles is 1. The number of pyridine rings is 1. The fraction of sp³-hybridized carbons (Fsp3) is 0.250. The van der Waals surface area contributed by atoms with Crippen molar-refractivity contribution in [1.29, 1.82) is 5.26 Å². The second-order valence-electron chi connectivity index (χ2n) is 2.38. The summed E-state index contributed by atoms with van der Waals surface area (Å²) in [7, 11) is 0. The molecule has 1 heterocycles. The fourth-order valence-electron chi connectivity index (χ4n) is 0.963. The highest BCUT2D eigenvalue weighted by Crippen LogP contribution is 2.15. The summed E-state index contributed by atoms with van der Waals surface area (Å²) in [5, 5.41) is 18.8. The van der Waals surface area contributed by atoms with Crippen LogP contribution in [0.5, 0.6) is 0 Å².